The molecule has 0 aliphatic carbocycles. The van der Waals surface area contributed by atoms with E-state index in [4.69, 9.17) is 11.6 Å². The van der Waals surface area contributed by atoms with Gasteiger partial charge in [0.25, 0.3) is 5.91 Å². The average molecular weight is 391 g/mol. The van der Waals surface area contributed by atoms with Crippen molar-refractivity contribution in [1.29, 1.82) is 0 Å². The minimum absolute atomic E-state index is 0.00588. The van der Waals surface area contributed by atoms with Crippen LogP contribution in [-0.2, 0) is 12.7 Å². The lowest BCUT2D eigenvalue weighted by Gasteiger charge is -2.21. The molecule has 1 fully saturated rings. The Bertz CT molecular complexity index is 972. The molecule has 0 saturated carbocycles. The summed E-state index contributed by atoms with van der Waals surface area (Å²) in [7, 11) is 1.82. The Hall–Kier alpha value is -2.25. The van der Waals surface area contributed by atoms with Crippen LogP contribution in [0.4, 0.5) is 4.39 Å². The zero-order chi connectivity index (χ0) is 18.3. The topological polar surface area (TPSA) is 51.0 Å². The third kappa shape index (κ3) is 3.12. The summed E-state index contributed by atoms with van der Waals surface area (Å²) in [6.45, 7) is 0.355. The van der Waals surface area contributed by atoms with Crippen molar-refractivity contribution in [2.45, 2.75) is 12.1 Å². The molecule has 0 radical (unpaired) electrons. The first-order valence-corrected chi connectivity index (χ1v) is 9.39. The number of carbonyl (C=O) groups excluding carboxylic acids is 1. The molecular formula is C18H16ClFN4OS. The molecule has 1 atom stereocenters. The maximum atomic E-state index is 15.3. The molecule has 1 aliphatic rings. The quantitative estimate of drug-likeness (QED) is 0.681. The van der Waals surface area contributed by atoms with Crippen LogP contribution in [0.15, 0.2) is 42.0 Å². The minimum atomic E-state index is -1.58. The van der Waals surface area contributed by atoms with Gasteiger partial charge in [0.05, 0.1) is 12.7 Å². The number of hydrogen-bond donors (Lipinski definition) is 0. The second-order valence-electron chi connectivity index (χ2n) is 6.39. The van der Waals surface area contributed by atoms with Gasteiger partial charge in [0.15, 0.2) is 5.67 Å². The molecule has 1 unspecified atom stereocenters. The number of aromatic nitrogens is 3. The predicted octanol–water partition coefficient (Wildman–Crippen LogP) is 3.91. The first-order valence-electron chi connectivity index (χ1n) is 8.13. The molecule has 1 amide bonds. The van der Waals surface area contributed by atoms with Gasteiger partial charge in [-0.3, -0.25) is 9.48 Å². The zero-order valence-electron chi connectivity index (χ0n) is 14.0. The minimum Gasteiger partial charge on any atom is -0.334 e. The van der Waals surface area contributed by atoms with E-state index >= 15 is 4.39 Å². The molecule has 134 valence electrons. The number of rotatable bonds is 3. The second-order valence-corrected chi connectivity index (χ2v) is 7.69. The van der Waals surface area contributed by atoms with E-state index in [9.17, 15) is 4.79 Å². The van der Waals surface area contributed by atoms with Gasteiger partial charge < -0.3 is 4.90 Å². The van der Waals surface area contributed by atoms with Crippen LogP contribution in [-0.4, -0.2) is 38.7 Å². The fraction of sp³-hybridized carbons (Fsp3) is 0.278. The summed E-state index contributed by atoms with van der Waals surface area (Å²) in [6, 6.07) is 6.77. The smallest absolute Gasteiger partial charge is 0.273 e. The number of amides is 1. The summed E-state index contributed by atoms with van der Waals surface area (Å²) in [5.41, 5.74) is 0.124. The predicted molar refractivity (Wildman–Crippen MR) is 99.1 cm³/mol. The number of thiazole rings is 1. The van der Waals surface area contributed by atoms with Gasteiger partial charge in [-0.25, -0.2) is 9.37 Å². The Balaban J connectivity index is 1.52. The van der Waals surface area contributed by atoms with Gasteiger partial charge in [0, 0.05) is 42.2 Å². The van der Waals surface area contributed by atoms with E-state index in [1.54, 1.807) is 40.5 Å². The van der Waals surface area contributed by atoms with Crippen molar-refractivity contribution in [2.24, 2.45) is 7.05 Å². The van der Waals surface area contributed by atoms with E-state index in [1.165, 1.54) is 16.2 Å². The van der Waals surface area contributed by atoms with E-state index in [0.717, 1.165) is 10.6 Å². The Morgan fingerprint density at radius 1 is 1.42 bits per heavy atom. The molecule has 1 saturated heterocycles. The van der Waals surface area contributed by atoms with Gasteiger partial charge in [0.1, 0.15) is 10.7 Å². The third-order valence-corrected chi connectivity index (χ3v) is 5.65. The highest BCUT2D eigenvalue weighted by molar-refractivity contribution is 7.13. The average Bonchev–Trinajstić information content (AvgIpc) is 3.34. The van der Waals surface area contributed by atoms with Crippen LogP contribution in [0.5, 0.6) is 0 Å². The van der Waals surface area contributed by atoms with Crippen LogP contribution in [0.1, 0.15) is 22.5 Å². The molecule has 0 bridgehead atoms. The van der Waals surface area contributed by atoms with E-state index in [0.29, 0.717) is 22.8 Å². The molecule has 5 nitrogen and oxygen atoms in total. The van der Waals surface area contributed by atoms with Gasteiger partial charge in [-0.2, -0.15) is 5.10 Å². The van der Waals surface area contributed by atoms with Crippen molar-refractivity contribution in [2.75, 3.05) is 13.1 Å². The fourth-order valence-corrected chi connectivity index (χ4v) is 4.11. The van der Waals surface area contributed by atoms with E-state index in [-0.39, 0.29) is 18.9 Å². The van der Waals surface area contributed by atoms with Crippen molar-refractivity contribution in [3.8, 4) is 10.6 Å². The first kappa shape index (κ1) is 17.2. The highest BCUT2D eigenvalue weighted by atomic mass is 35.5. The highest BCUT2D eigenvalue weighted by Gasteiger charge is 2.42. The Morgan fingerprint density at radius 2 is 2.27 bits per heavy atom. The first-order chi connectivity index (χ1) is 12.4. The summed E-state index contributed by atoms with van der Waals surface area (Å²) < 4.78 is 17.0. The molecule has 1 aromatic carbocycles. The summed E-state index contributed by atoms with van der Waals surface area (Å²) in [4.78, 5) is 18.7. The maximum absolute atomic E-state index is 15.3. The van der Waals surface area contributed by atoms with Crippen molar-refractivity contribution < 1.29 is 9.18 Å². The SMILES string of the molecule is Cn1cc(-c2nc(C(=O)N3CCC(F)(c4cccc(Cl)c4)C3)cs2)cn1. The standard InChI is InChI=1S/C18H16ClFN4OS/c1-23-9-12(8-21-23)16-22-15(10-26-16)17(25)24-6-5-18(20,11-24)13-3-2-4-14(19)7-13/h2-4,7-10H,5-6,11H2,1H3. The number of hydrogen-bond acceptors (Lipinski definition) is 4. The largest absolute Gasteiger partial charge is 0.334 e. The van der Waals surface area contributed by atoms with Crippen molar-refractivity contribution >= 4 is 28.8 Å². The zero-order valence-corrected chi connectivity index (χ0v) is 15.6. The number of halogens is 2. The van der Waals surface area contributed by atoms with Crippen LogP contribution in [0.25, 0.3) is 10.6 Å². The Morgan fingerprint density at radius 3 is 3.00 bits per heavy atom. The molecule has 3 heterocycles. The van der Waals surface area contributed by atoms with Crippen LogP contribution in [0.3, 0.4) is 0 Å². The van der Waals surface area contributed by atoms with Gasteiger partial charge in [-0.05, 0) is 17.7 Å². The molecular weight excluding hydrogens is 375 g/mol. The molecule has 3 aromatic rings. The van der Waals surface area contributed by atoms with Gasteiger partial charge in [-0.1, -0.05) is 23.7 Å². The van der Waals surface area contributed by atoms with Gasteiger partial charge in [-0.15, -0.1) is 11.3 Å². The van der Waals surface area contributed by atoms with E-state index in [1.807, 2.05) is 13.2 Å². The molecule has 2 aromatic heterocycles. The summed E-state index contributed by atoms with van der Waals surface area (Å²) in [5, 5.41) is 7.04. The van der Waals surface area contributed by atoms with Crippen molar-refractivity contribution in [3.05, 3.63) is 58.3 Å². The summed E-state index contributed by atoms with van der Waals surface area (Å²) >= 11 is 7.36. The van der Waals surface area contributed by atoms with Crippen LogP contribution in [0, 0.1) is 0 Å². The summed E-state index contributed by atoms with van der Waals surface area (Å²) in [6.07, 6.45) is 3.79. The number of benzene rings is 1. The molecule has 8 heteroatoms. The molecule has 0 spiro atoms. The number of nitrogens with zero attached hydrogens (tertiary/aromatic N) is 4. The second kappa shape index (κ2) is 6.48. The van der Waals surface area contributed by atoms with Crippen molar-refractivity contribution in [3.63, 3.8) is 0 Å². The molecule has 0 N–H and O–H groups in total. The number of alkyl halides is 1. The number of aryl methyl sites for hydroxylation is 1. The third-order valence-electron chi connectivity index (χ3n) is 4.52. The summed E-state index contributed by atoms with van der Waals surface area (Å²) in [5.74, 6) is -0.252. The van der Waals surface area contributed by atoms with Gasteiger partial charge >= 0.3 is 0 Å². The maximum Gasteiger partial charge on any atom is 0.273 e. The van der Waals surface area contributed by atoms with E-state index < -0.39 is 5.67 Å². The molecule has 4 rings (SSSR count). The monoisotopic (exact) mass is 390 g/mol. The molecule has 1 aliphatic heterocycles. The lowest BCUT2D eigenvalue weighted by molar-refractivity contribution is 0.0746. The highest BCUT2D eigenvalue weighted by Crippen LogP contribution is 2.37. The lowest BCUT2D eigenvalue weighted by atomic mass is 9.95. The van der Waals surface area contributed by atoms with Crippen LogP contribution >= 0.6 is 22.9 Å². The Kier molecular flexibility index (Phi) is 4.28. The number of carbonyl (C=O) groups is 1. The lowest BCUT2D eigenvalue weighted by Crippen LogP contribution is -2.32. The van der Waals surface area contributed by atoms with E-state index in [2.05, 4.69) is 10.1 Å². The number of likely N-dealkylation sites (tertiary alicyclic amines) is 1. The van der Waals surface area contributed by atoms with Crippen LogP contribution in [0.2, 0.25) is 5.02 Å². The van der Waals surface area contributed by atoms with Gasteiger partial charge in [0.2, 0.25) is 0 Å². The Labute approximate surface area is 159 Å². The molecule has 26 heavy (non-hydrogen) atoms. The fourth-order valence-electron chi connectivity index (χ4n) is 3.15. The van der Waals surface area contributed by atoms with Crippen molar-refractivity contribution in [1.82, 2.24) is 19.7 Å². The normalized spacial score (nSPS) is 19.9. The van der Waals surface area contributed by atoms with Crippen LogP contribution < -0.4 is 0 Å².